The van der Waals surface area contributed by atoms with Crippen LogP contribution in [-0.4, -0.2) is 60.5 Å². The molecule has 0 bridgehead atoms. The number of hydrogen-bond acceptors (Lipinski definition) is 7. The summed E-state index contributed by atoms with van der Waals surface area (Å²) in [5.74, 6) is 3.22. The molecular formula is C29H35N3O5. The molecule has 196 valence electrons. The van der Waals surface area contributed by atoms with Gasteiger partial charge in [0.05, 0.1) is 25.4 Å². The van der Waals surface area contributed by atoms with Crippen molar-refractivity contribution in [2.75, 3.05) is 33.9 Å². The molecule has 0 aliphatic carbocycles. The number of methoxy groups -OCH3 is 2. The second-order valence-corrected chi connectivity index (χ2v) is 10.0. The summed E-state index contributed by atoms with van der Waals surface area (Å²) in [4.78, 5) is 19.4. The minimum atomic E-state index is -0.109. The summed E-state index contributed by atoms with van der Waals surface area (Å²) in [5, 5.41) is 4.07. The van der Waals surface area contributed by atoms with Crippen molar-refractivity contribution in [3.05, 3.63) is 60.0 Å². The largest absolute Gasteiger partial charge is 0.497 e. The van der Waals surface area contributed by atoms with E-state index in [-0.39, 0.29) is 11.5 Å². The number of piperidine rings is 1. The monoisotopic (exact) mass is 505 g/mol. The van der Waals surface area contributed by atoms with Gasteiger partial charge in [-0.15, -0.1) is 0 Å². The molecule has 3 heterocycles. The Labute approximate surface area is 217 Å². The van der Waals surface area contributed by atoms with Crippen LogP contribution in [-0.2, 0) is 22.4 Å². The fourth-order valence-corrected chi connectivity index (χ4v) is 5.58. The Balaban J connectivity index is 1.11. The quantitative estimate of drug-likeness (QED) is 0.438. The number of likely N-dealkylation sites (tertiary alicyclic amines) is 1. The first-order chi connectivity index (χ1) is 18.1. The Bertz CT molecular complexity index is 1180. The fourth-order valence-electron chi connectivity index (χ4n) is 5.58. The highest BCUT2D eigenvalue weighted by atomic mass is 16.5. The first kappa shape index (κ1) is 25.3. The molecule has 8 nitrogen and oxygen atoms in total. The van der Waals surface area contributed by atoms with Crippen LogP contribution >= 0.6 is 0 Å². The van der Waals surface area contributed by atoms with Crippen LogP contribution in [0.3, 0.4) is 0 Å². The Hall–Kier alpha value is -3.39. The number of hydrogen-bond donors (Lipinski definition) is 0. The van der Waals surface area contributed by atoms with Gasteiger partial charge in [0.25, 0.3) is 0 Å². The summed E-state index contributed by atoms with van der Waals surface area (Å²) in [6.45, 7) is 2.25. The number of ether oxygens (including phenoxy) is 3. The molecule has 0 N–H and O–H groups in total. The average Bonchev–Trinajstić information content (AvgIpc) is 3.41. The third-order valence-electron chi connectivity index (χ3n) is 7.67. The normalized spacial score (nSPS) is 19.1. The van der Waals surface area contributed by atoms with Crippen LogP contribution in [0.15, 0.2) is 53.1 Å². The van der Waals surface area contributed by atoms with E-state index in [9.17, 15) is 4.79 Å². The Kier molecular flexibility index (Phi) is 7.74. The molecule has 1 aromatic heterocycles. The summed E-state index contributed by atoms with van der Waals surface area (Å²) in [7, 11) is 3.31. The fraction of sp³-hybridized carbons (Fsp3) is 0.483. The van der Waals surface area contributed by atoms with Gasteiger partial charge in [0.15, 0.2) is 0 Å². The number of amides is 1. The number of carbonyl (C=O) groups is 1. The lowest BCUT2D eigenvalue weighted by molar-refractivity contribution is -0.147. The molecule has 3 aromatic rings. The van der Waals surface area contributed by atoms with E-state index in [1.165, 1.54) is 5.56 Å². The molecule has 2 aliphatic rings. The van der Waals surface area contributed by atoms with E-state index in [2.05, 4.69) is 22.3 Å². The van der Waals surface area contributed by atoms with Crippen LogP contribution in [0, 0.1) is 5.92 Å². The zero-order valence-electron chi connectivity index (χ0n) is 21.7. The first-order valence-corrected chi connectivity index (χ1v) is 13.1. The van der Waals surface area contributed by atoms with Crippen LogP contribution in [0.25, 0.3) is 11.4 Å². The molecule has 0 radical (unpaired) electrons. The molecule has 2 saturated heterocycles. The van der Waals surface area contributed by atoms with Crippen molar-refractivity contribution in [2.45, 2.75) is 50.5 Å². The van der Waals surface area contributed by atoms with Crippen molar-refractivity contribution in [1.29, 1.82) is 0 Å². The third-order valence-corrected chi connectivity index (χ3v) is 7.67. The number of nitrogens with zero attached hydrogens (tertiary/aromatic N) is 3. The van der Waals surface area contributed by atoms with Gasteiger partial charge in [-0.2, -0.15) is 4.98 Å². The highest BCUT2D eigenvalue weighted by Gasteiger charge is 2.41. The lowest BCUT2D eigenvalue weighted by Crippen LogP contribution is -2.51. The maximum Gasteiger partial charge on any atom is 0.227 e. The molecule has 8 heteroatoms. The van der Waals surface area contributed by atoms with Crippen molar-refractivity contribution in [3.8, 4) is 22.9 Å². The zero-order valence-corrected chi connectivity index (χ0v) is 21.7. The van der Waals surface area contributed by atoms with E-state index >= 15 is 0 Å². The van der Waals surface area contributed by atoms with E-state index in [1.54, 1.807) is 14.2 Å². The molecule has 1 spiro atoms. The topological polar surface area (TPSA) is 86.9 Å². The van der Waals surface area contributed by atoms with E-state index in [4.69, 9.17) is 18.7 Å². The predicted octanol–water partition coefficient (Wildman–Crippen LogP) is 4.72. The lowest BCUT2D eigenvalue weighted by Gasteiger charge is -2.46. The highest BCUT2D eigenvalue weighted by Crippen LogP contribution is 2.39. The van der Waals surface area contributed by atoms with Crippen molar-refractivity contribution in [1.82, 2.24) is 15.0 Å². The van der Waals surface area contributed by atoms with Crippen LogP contribution in [0.4, 0.5) is 0 Å². The molecule has 5 rings (SSSR count). The lowest BCUT2D eigenvalue weighted by atomic mass is 9.77. The molecule has 1 atom stereocenters. The minimum Gasteiger partial charge on any atom is -0.497 e. The van der Waals surface area contributed by atoms with Gasteiger partial charge in [0.2, 0.25) is 17.6 Å². The number of benzene rings is 2. The zero-order chi connectivity index (χ0) is 25.7. The van der Waals surface area contributed by atoms with Crippen LogP contribution in [0.5, 0.6) is 11.5 Å². The van der Waals surface area contributed by atoms with Crippen LogP contribution < -0.4 is 9.47 Å². The Morgan fingerprint density at radius 2 is 1.86 bits per heavy atom. The maximum absolute atomic E-state index is 12.9. The van der Waals surface area contributed by atoms with Gasteiger partial charge in [-0.25, -0.2) is 0 Å². The van der Waals surface area contributed by atoms with Gasteiger partial charge in [-0.1, -0.05) is 29.4 Å². The van der Waals surface area contributed by atoms with E-state index < -0.39 is 0 Å². The minimum absolute atomic E-state index is 0.109. The summed E-state index contributed by atoms with van der Waals surface area (Å²) < 4.78 is 22.4. The standard InChI is InChI=1S/C29H35N3O5/c1-34-23-9-7-21(8-10-23)19-22-13-18-36-29(20-22)14-16-32(17-15-29)27(33)12-11-26-30-28(31-37-26)24-5-3-4-6-25(24)35-2/h3-10,22H,11-20H2,1-2H3. The SMILES string of the molecule is COc1ccc(CC2CCOC3(CCN(C(=O)CCc4nc(-c5ccccc5OC)no4)CC3)C2)cc1. The van der Waals surface area contributed by atoms with Gasteiger partial charge in [-0.3, -0.25) is 4.79 Å². The maximum atomic E-state index is 12.9. The third kappa shape index (κ3) is 5.96. The van der Waals surface area contributed by atoms with E-state index in [0.29, 0.717) is 36.2 Å². The van der Waals surface area contributed by atoms with Crippen molar-refractivity contribution in [3.63, 3.8) is 0 Å². The highest BCUT2D eigenvalue weighted by molar-refractivity contribution is 5.76. The summed E-state index contributed by atoms with van der Waals surface area (Å²) in [6.07, 6.45) is 5.72. The molecule has 1 amide bonds. The van der Waals surface area contributed by atoms with Crippen molar-refractivity contribution >= 4 is 5.91 Å². The molecule has 1 unspecified atom stereocenters. The number of aromatic nitrogens is 2. The number of para-hydroxylation sites is 1. The number of rotatable bonds is 8. The molecule has 2 fully saturated rings. The van der Waals surface area contributed by atoms with Crippen LogP contribution in [0.1, 0.15) is 43.6 Å². The molecule has 2 aliphatic heterocycles. The van der Waals surface area contributed by atoms with Gasteiger partial charge in [0, 0.05) is 32.5 Å². The van der Waals surface area contributed by atoms with E-state index in [1.807, 2.05) is 41.3 Å². The smallest absolute Gasteiger partial charge is 0.227 e. The summed E-state index contributed by atoms with van der Waals surface area (Å²) >= 11 is 0. The number of carbonyl (C=O) groups excluding carboxylic acids is 1. The first-order valence-electron chi connectivity index (χ1n) is 13.1. The van der Waals surface area contributed by atoms with Gasteiger partial charge in [0.1, 0.15) is 11.5 Å². The average molecular weight is 506 g/mol. The van der Waals surface area contributed by atoms with E-state index in [0.717, 1.165) is 63.1 Å². The second kappa shape index (κ2) is 11.3. The Morgan fingerprint density at radius 1 is 1.08 bits per heavy atom. The molecule has 2 aromatic carbocycles. The molecule has 0 saturated carbocycles. The number of aryl methyl sites for hydroxylation is 1. The van der Waals surface area contributed by atoms with Crippen molar-refractivity contribution < 1.29 is 23.5 Å². The molecular weight excluding hydrogens is 470 g/mol. The van der Waals surface area contributed by atoms with Crippen LogP contribution in [0.2, 0.25) is 0 Å². The second-order valence-electron chi connectivity index (χ2n) is 10.0. The van der Waals surface area contributed by atoms with Gasteiger partial charge >= 0.3 is 0 Å². The summed E-state index contributed by atoms with van der Waals surface area (Å²) in [6, 6.07) is 15.9. The van der Waals surface area contributed by atoms with Crippen molar-refractivity contribution in [2.24, 2.45) is 5.92 Å². The van der Waals surface area contributed by atoms with Gasteiger partial charge in [-0.05, 0) is 67.9 Å². The molecule has 37 heavy (non-hydrogen) atoms. The predicted molar refractivity (Wildman–Crippen MR) is 139 cm³/mol. The Morgan fingerprint density at radius 3 is 2.62 bits per heavy atom. The summed E-state index contributed by atoms with van der Waals surface area (Å²) in [5.41, 5.74) is 2.00. The van der Waals surface area contributed by atoms with Gasteiger partial charge < -0.3 is 23.6 Å².